The van der Waals surface area contributed by atoms with E-state index in [2.05, 4.69) is 179 Å². The molecule has 10 aromatic carbocycles. The maximum absolute atomic E-state index is 6.75. The maximum Gasteiger partial charge on any atom is 0.227 e. The monoisotopic (exact) mass is 779 g/mol. The first-order chi connectivity index (χ1) is 30.0. The van der Waals surface area contributed by atoms with Crippen LogP contribution in [0.5, 0.6) is 0 Å². The van der Waals surface area contributed by atoms with E-state index in [0.717, 1.165) is 34.3 Å². The van der Waals surface area contributed by atoms with E-state index in [-0.39, 0.29) is 0 Å². The van der Waals surface area contributed by atoms with Crippen molar-refractivity contribution in [2.24, 2.45) is 0 Å². The molecule has 0 saturated carbocycles. The molecule has 0 radical (unpaired) electrons. The third-order valence-corrected chi connectivity index (χ3v) is 13.2. The zero-order valence-electron chi connectivity index (χ0n) is 34.4. The van der Waals surface area contributed by atoms with Crippen LogP contribution >= 0.6 is 0 Å². The zero-order chi connectivity index (χ0) is 40.8. The SMILES string of the molecule is CC1=c2ccccc2=C(c2cc(-c3ccc(C)c4ccccc34)c3ccc4c(-c5ncc(-c6ccccc6)o5)cc(-c5ccc(C)c6ccccc56)c5ccc2c3c45)C=CC1. The van der Waals surface area contributed by atoms with Crippen LogP contribution in [0.2, 0.25) is 0 Å². The van der Waals surface area contributed by atoms with E-state index in [0.29, 0.717) is 5.89 Å². The van der Waals surface area contributed by atoms with Gasteiger partial charge in [-0.1, -0.05) is 169 Å². The van der Waals surface area contributed by atoms with Crippen molar-refractivity contribution in [1.29, 1.82) is 0 Å². The topological polar surface area (TPSA) is 26.0 Å². The van der Waals surface area contributed by atoms with E-state index in [1.807, 2.05) is 24.4 Å². The van der Waals surface area contributed by atoms with Gasteiger partial charge in [0.05, 0.1) is 6.20 Å². The first kappa shape index (κ1) is 35.4. The third kappa shape index (κ3) is 5.45. The summed E-state index contributed by atoms with van der Waals surface area (Å²) in [7, 11) is 0. The fourth-order valence-electron chi connectivity index (χ4n) is 10.2. The minimum Gasteiger partial charge on any atom is -0.436 e. The number of hydrogen-bond acceptors (Lipinski definition) is 2. The second-order valence-corrected chi connectivity index (χ2v) is 16.7. The third-order valence-electron chi connectivity index (χ3n) is 13.2. The lowest BCUT2D eigenvalue weighted by molar-refractivity contribution is 0.589. The van der Waals surface area contributed by atoms with Gasteiger partial charge in [0.15, 0.2) is 5.76 Å². The van der Waals surface area contributed by atoms with E-state index in [4.69, 9.17) is 9.40 Å². The van der Waals surface area contributed by atoms with Crippen molar-refractivity contribution in [1.82, 2.24) is 4.98 Å². The van der Waals surface area contributed by atoms with Gasteiger partial charge in [0.1, 0.15) is 0 Å². The highest BCUT2D eigenvalue weighted by molar-refractivity contribution is 6.32. The molecule has 0 spiro atoms. The molecule has 0 N–H and O–H groups in total. The lowest BCUT2D eigenvalue weighted by atomic mass is 9.81. The molecule has 1 aliphatic carbocycles. The minimum atomic E-state index is 0.612. The first-order valence-electron chi connectivity index (χ1n) is 21.3. The molecule has 1 heterocycles. The van der Waals surface area contributed by atoms with E-state index < -0.39 is 0 Å². The van der Waals surface area contributed by atoms with Gasteiger partial charge in [0, 0.05) is 11.1 Å². The Morgan fingerprint density at radius 1 is 0.426 bits per heavy atom. The van der Waals surface area contributed by atoms with Crippen LogP contribution in [-0.4, -0.2) is 4.98 Å². The van der Waals surface area contributed by atoms with Gasteiger partial charge < -0.3 is 4.42 Å². The predicted octanol–water partition coefficient (Wildman–Crippen LogP) is 14.5. The number of nitrogens with zero attached hydrogens (tertiary/aromatic N) is 1. The summed E-state index contributed by atoms with van der Waals surface area (Å²) in [6.45, 7) is 6.69. The van der Waals surface area contributed by atoms with Crippen molar-refractivity contribution in [2.75, 3.05) is 0 Å². The summed E-state index contributed by atoms with van der Waals surface area (Å²) >= 11 is 0. The molecule has 11 aromatic rings. The summed E-state index contributed by atoms with van der Waals surface area (Å²) in [5.74, 6) is 1.36. The van der Waals surface area contributed by atoms with E-state index in [1.165, 1.54) is 103 Å². The van der Waals surface area contributed by atoms with Gasteiger partial charge in [-0.2, -0.15) is 0 Å². The molecular formula is C59H41NO. The van der Waals surface area contributed by atoms with Crippen LogP contribution in [0.15, 0.2) is 187 Å². The summed E-state index contributed by atoms with van der Waals surface area (Å²) in [4.78, 5) is 5.02. The molecule has 1 aliphatic rings. The average molecular weight is 780 g/mol. The summed E-state index contributed by atoms with van der Waals surface area (Å²) in [5, 5.41) is 14.9. The van der Waals surface area contributed by atoms with Crippen LogP contribution < -0.4 is 10.4 Å². The number of benzene rings is 10. The van der Waals surface area contributed by atoms with Crippen LogP contribution in [-0.2, 0) is 0 Å². The highest BCUT2D eigenvalue weighted by Crippen LogP contribution is 2.49. The van der Waals surface area contributed by atoms with Gasteiger partial charge in [-0.05, 0) is 148 Å². The minimum absolute atomic E-state index is 0.612. The van der Waals surface area contributed by atoms with Gasteiger partial charge in [-0.3, -0.25) is 0 Å². The Morgan fingerprint density at radius 3 is 1.56 bits per heavy atom. The summed E-state index contributed by atoms with van der Waals surface area (Å²) in [6, 6.07) is 60.3. The normalized spacial score (nSPS) is 13.0. The highest BCUT2D eigenvalue weighted by Gasteiger charge is 2.24. The van der Waals surface area contributed by atoms with Gasteiger partial charge in [-0.15, -0.1) is 0 Å². The van der Waals surface area contributed by atoms with Gasteiger partial charge in [-0.25, -0.2) is 4.98 Å². The molecule has 0 amide bonds. The number of aromatic nitrogens is 1. The van der Waals surface area contributed by atoms with Crippen LogP contribution in [0.25, 0.3) is 110 Å². The van der Waals surface area contributed by atoms with Crippen molar-refractivity contribution < 1.29 is 4.42 Å². The van der Waals surface area contributed by atoms with E-state index in [1.54, 1.807) is 0 Å². The molecule has 0 unspecified atom stereocenters. The van der Waals surface area contributed by atoms with Gasteiger partial charge in [0.25, 0.3) is 0 Å². The number of allylic oxidation sites excluding steroid dienone is 2. The second kappa shape index (κ2) is 13.8. The number of fused-ring (bicyclic) bond motifs is 3. The predicted molar refractivity (Wildman–Crippen MR) is 257 cm³/mol. The molecule has 288 valence electrons. The molecule has 2 nitrogen and oxygen atoms in total. The lowest BCUT2D eigenvalue weighted by Crippen LogP contribution is -2.27. The number of oxazole rings is 1. The van der Waals surface area contributed by atoms with Gasteiger partial charge >= 0.3 is 0 Å². The largest absolute Gasteiger partial charge is 0.436 e. The van der Waals surface area contributed by atoms with E-state index in [9.17, 15) is 0 Å². The molecule has 0 saturated heterocycles. The summed E-state index contributed by atoms with van der Waals surface area (Å²) in [6.07, 6.45) is 7.49. The second-order valence-electron chi connectivity index (χ2n) is 16.7. The molecule has 1 aromatic heterocycles. The van der Waals surface area contributed by atoms with Crippen molar-refractivity contribution >= 4 is 65.0 Å². The standard InChI is InChI=1S/C59H41NO/c1-35-14-13-23-45(42-20-10-7-17-39(35)42)52-32-53(46-26-24-36(2)40-18-8-11-21-43(40)46)49-30-31-51-55(59-60-34-56(61-59)38-15-5-4-6-16-38)33-54(50-29-28-48(52)57(49)58(50)51)47-27-25-37(3)41-19-9-12-22-44(41)47/h4-13,15-34H,14H2,1-3H3. The average Bonchev–Trinajstić information content (AvgIpc) is 3.74. The van der Waals surface area contributed by atoms with Gasteiger partial charge in [0.2, 0.25) is 5.89 Å². The summed E-state index contributed by atoms with van der Waals surface area (Å²) < 4.78 is 6.75. The Balaban J connectivity index is 1.28. The number of hydrogen-bond donors (Lipinski definition) is 0. The molecule has 0 aliphatic heterocycles. The van der Waals surface area contributed by atoms with Crippen molar-refractivity contribution in [3.05, 3.63) is 209 Å². The zero-order valence-corrected chi connectivity index (χ0v) is 34.4. The van der Waals surface area contributed by atoms with Crippen LogP contribution in [0.3, 0.4) is 0 Å². The Bertz CT molecular complexity index is 3750. The van der Waals surface area contributed by atoms with E-state index >= 15 is 0 Å². The van der Waals surface area contributed by atoms with Crippen LogP contribution in [0, 0.1) is 13.8 Å². The fraction of sp³-hybridized carbons (Fsp3) is 0.0678. The summed E-state index contributed by atoms with van der Waals surface area (Å²) in [5.41, 5.74) is 13.2. The van der Waals surface area contributed by atoms with Crippen LogP contribution in [0.1, 0.15) is 30.0 Å². The molecule has 0 bridgehead atoms. The first-order valence-corrected chi connectivity index (χ1v) is 21.3. The van der Waals surface area contributed by atoms with Crippen molar-refractivity contribution in [3.63, 3.8) is 0 Å². The fourth-order valence-corrected chi connectivity index (χ4v) is 10.2. The molecule has 0 fully saturated rings. The lowest BCUT2D eigenvalue weighted by Gasteiger charge is -2.22. The highest BCUT2D eigenvalue weighted by atomic mass is 16.4. The Hall–Kier alpha value is -7.55. The molecule has 61 heavy (non-hydrogen) atoms. The molecular weight excluding hydrogens is 739 g/mol. The molecule has 12 rings (SSSR count). The smallest absolute Gasteiger partial charge is 0.227 e. The van der Waals surface area contributed by atoms with Crippen LogP contribution in [0.4, 0.5) is 0 Å². The number of aryl methyl sites for hydroxylation is 2. The van der Waals surface area contributed by atoms with Crippen molar-refractivity contribution in [3.8, 4) is 45.0 Å². The Labute approximate surface area is 354 Å². The Morgan fingerprint density at radius 2 is 0.934 bits per heavy atom. The number of rotatable bonds is 5. The quantitative estimate of drug-likeness (QED) is 0.163. The maximum atomic E-state index is 6.75. The molecule has 0 atom stereocenters. The Kier molecular flexibility index (Phi) is 7.99. The van der Waals surface area contributed by atoms with Crippen molar-refractivity contribution in [2.45, 2.75) is 27.2 Å². The molecule has 2 heteroatoms.